The number of nitrogens with one attached hydrogen (secondary N) is 1. The second kappa shape index (κ2) is 10.8. The van der Waals surface area contributed by atoms with Crippen molar-refractivity contribution < 1.29 is 26.7 Å². The molecule has 0 saturated carbocycles. The minimum Gasteiger partial charge on any atom is -0.492 e. The van der Waals surface area contributed by atoms with Crippen molar-refractivity contribution in [1.82, 2.24) is 5.32 Å². The molecule has 0 radical (unpaired) electrons. The van der Waals surface area contributed by atoms with Crippen LogP contribution in [-0.2, 0) is 20.2 Å². The van der Waals surface area contributed by atoms with Crippen LogP contribution in [0.25, 0.3) is 0 Å². The van der Waals surface area contributed by atoms with Crippen LogP contribution in [0.1, 0.15) is 39.2 Å². The van der Waals surface area contributed by atoms with Crippen LogP contribution in [0.2, 0.25) is 0 Å². The van der Waals surface area contributed by atoms with E-state index in [1.807, 2.05) is 24.3 Å². The first-order chi connectivity index (χ1) is 14.9. The predicted octanol–water partition coefficient (Wildman–Crippen LogP) is 4.00. The number of hydrogen-bond acceptors (Lipinski definition) is 4. The smallest absolute Gasteiger partial charge is 0.232 e. The van der Waals surface area contributed by atoms with Crippen molar-refractivity contribution in [2.24, 2.45) is 0 Å². The molecule has 1 amide bonds. The summed E-state index contributed by atoms with van der Waals surface area (Å²) in [5.74, 6) is -1.57. The van der Waals surface area contributed by atoms with E-state index >= 15 is 0 Å². The molecule has 0 aromatic heterocycles. The molecule has 6 nitrogen and oxygen atoms in total. The van der Waals surface area contributed by atoms with Gasteiger partial charge in [-0.1, -0.05) is 39.0 Å². The molecular formula is C23H30F2N2O4S. The first-order valence-corrected chi connectivity index (χ1v) is 12.2. The molecule has 0 saturated heterocycles. The quantitative estimate of drug-likeness (QED) is 0.535. The van der Waals surface area contributed by atoms with Gasteiger partial charge in [0, 0.05) is 13.0 Å². The van der Waals surface area contributed by atoms with Crippen LogP contribution in [0.15, 0.2) is 42.5 Å². The van der Waals surface area contributed by atoms with Crippen molar-refractivity contribution in [3.05, 3.63) is 59.7 Å². The van der Waals surface area contributed by atoms with Crippen molar-refractivity contribution in [3.8, 4) is 5.75 Å². The molecule has 0 atom stereocenters. The summed E-state index contributed by atoms with van der Waals surface area (Å²) in [6.45, 7) is 6.70. The van der Waals surface area contributed by atoms with E-state index in [1.54, 1.807) is 0 Å². The van der Waals surface area contributed by atoms with Gasteiger partial charge in [0.2, 0.25) is 15.9 Å². The maximum Gasteiger partial charge on any atom is 0.232 e. The zero-order chi connectivity index (χ0) is 23.9. The first kappa shape index (κ1) is 25.6. The molecule has 0 unspecified atom stereocenters. The number of carbonyl (C=O) groups excluding carboxylic acids is 1. The molecule has 1 N–H and O–H groups in total. The SMILES string of the molecule is CC(C)(C)c1ccc(OCCNC(=O)CCCN(c2c(F)cccc2F)S(C)(=O)=O)cc1. The van der Waals surface area contributed by atoms with Crippen molar-refractivity contribution >= 4 is 21.6 Å². The summed E-state index contributed by atoms with van der Waals surface area (Å²) in [7, 11) is -3.92. The minimum atomic E-state index is -3.92. The third-order valence-electron chi connectivity index (χ3n) is 4.77. The first-order valence-electron chi connectivity index (χ1n) is 10.3. The molecule has 32 heavy (non-hydrogen) atoms. The molecule has 0 aliphatic rings. The van der Waals surface area contributed by atoms with Gasteiger partial charge in [-0.3, -0.25) is 9.10 Å². The lowest BCUT2D eigenvalue weighted by Crippen LogP contribution is -2.34. The Balaban J connectivity index is 1.79. The number of nitrogens with zero attached hydrogens (tertiary/aromatic N) is 1. The number of benzene rings is 2. The number of amides is 1. The highest BCUT2D eigenvalue weighted by molar-refractivity contribution is 7.92. The Bertz CT molecular complexity index is 999. The molecule has 0 aliphatic carbocycles. The number of sulfonamides is 1. The van der Waals surface area contributed by atoms with Gasteiger partial charge in [-0.05, 0) is 41.7 Å². The highest BCUT2D eigenvalue weighted by atomic mass is 32.2. The maximum atomic E-state index is 14.0. The van der Waals surface area contributed by atoms with E-state index < -0.39 is 27.3 Å². The lowest BCUT2D eigenvalue weighted by Gasteiger charge is -2.23. The number of hydrogen-bond donors (Lipinski definition) is 1. The molecule has 0 fully saturated rings. The standard InChI is InChI=1S/C23H30F2N2O4S/c1-23(2,3)17-10-12-18(13-11-17)31-16-14-26-21(28)9-6-15-27(32(4,29)30)22-19(24)7-5-8-20(22)25/h5,7-8,10-13H,6,9,14-16H2,1-4H3,(H,26,28). The summed E-state index contributed by atoms with van der Waals surface area (Å²) < 4.78 is 58.3. The molecule has 2 aromatic rings. The highest BCUT2D eigenvalue weighted by Crippen LogP contribution is 2.26. The summed E-state index contributed by atoms with van der Waals surface area (Å²) in [6.07, 6.45) is 0.967. The second-order valence-corrected chi connectivity index (χ2v) is 10.4. The van der Waals surface area contributed by atoms with Crippen LogP contribution in [0.5, 0.6) is 5.75 Å². The van der Waals surface area contributed by atoms with Crippen LogP contribution < -0.4 is 14.4 Å². The van der Waals surface area contributed by atoms with Crippen LogP contribution in [0.4, 0.5) is 14.5 Å². The lowest BCUT2D eigenvalue weighted by molar-refractivity contribution is -0.121. The molecule has 0 aliphatic heterocycles. The zero-order valence-electron chi connectivity index (χ0n) is 18.8. The molecule has 2 aromatic carbocycles. The molecule has 0 heterocycles. The Labute approximate surface area is 188 Å². The summed E-state index contributed by atoms with van der Waals surface area (Å²) in [5.41, 5.74) is 0.606. The zero-order valence-corrected chi connectivity index (χ0v) is 19.6. The molecule has 0 spiro atoms. The van der Waals surface area contributed by atoms with Gasteiger partial charge in [-0.2, -0.15) is 0 Å². The monoisotopic (exact) mass is 468 g/mol. The fraction of sp³-hybridized carbons (Fsp3) is 0.435. The van der Waals surface area contributed by atoms with Crippen molar-refractivity contribution in [2.75, 3.05) is 30.3 Å². The third-order valence-corrected chi connectivity index (χ3v) is 5.93. The average Bonchev–Trinajstić information content (AvgIpc) is 2.68. The summed E-state index contributed by atoms with van der Waals surface area (Å²) >= 11 is 0. The van der Waals surface area contributed by atoms with Gasteiger partial charge < -0.3 is 10.1 Å². The molecule has 2 rings (SSSR count). The molecule has 0 bridgehead atoms. The van der Waals surface area contributed by atoms with Gasteiger partial charge in [0.25, 0.3) is 0 Å². The van der Waals surface area contributed by atoms with Gasteiger partial charge in [-0.15, -0.1) is 0 Å². The van der Waals surface area contributed by atoms with E-state index in [9.17, 15) is 22.0 Å². The maximum absolute atomic E-state index is 14.0. The predicted molar refractivity (Wildman–Crippen MR) is 121 cm³/mol. The van der Waals surface area contributed by atoms with E-state index in [0.717, 1.165) is 24.5 Å². The Morgan fingerprint density at radius 1 is 1.06 bits per heavy atom. The Kier molecular flexibility index (Phi) is 8.60. The van der Waals surface area contributed by atoms with Crippen LogP contribution in [0.3, 0.4) is 0 Å². The third kappa shape index (κ3) is 7.47. The van der Waals surface area contributed by atoms with Crippen LogP contribution in [0, 0.1) is 11.6 Å². The van der Waals surface area contributed by atoms with E-state index in [-0.39, 0.29) is 43.9 Å². The number of halogens is 2. The summed E-state index contributed by atoms with van der Waals surface area (Å²) in [6, 6.07) is 10.9. The van der Waals surface area contributed by atoms with Gasteiger partial charge in [0.15, 0.2) is 11.6 Å². The van der Waals surface area contributed by atoms with E-state index in [2.05, 4.69) is 26.1 Å². The summed E-state index contributed by atoms with van der Waals surface area (Å²) in [5, 5.41) is 2.68. The molecular weight excluding hydrogens is 438 g/mol. The van der Waals surface area contributed by atoms with Crippen LogP contribution >= 0.6 is 0 Å². The fourth-order valence-electron chi connectivity index (χ4n) is 3.05. The lowest BCUT2D eigenvalue weighted by atomic mass is 9.87. The fourth-order valence-corrected chi connectivity index (χ4v) is 4.02. The Hall–Kier alpha value is -2.68. The number of para-hydroxylation sites is 1. The average molecular weight is 469 g/mol. The number of ether oxygens (including phenoxy) is 1. The molecule has 176 valence electrons. The second-order valence-electron chi connectivity index (χ2n) is 8.48. The van der Waals surface area contributed by atoms with Gasteiger partial charge in [-0.25, -0.2) is 17.2 Å². The van der Waals surface area contributed by atoms with E-state index in [1.165, 1.54) is 5.56 Å². The van der Waals surface area contributed by atoms with Crippen molar-refractivity contribution in [2.45, 2.75) is 39.0 Å². The molecule has 9 heteroatoms. The van der Waals surface area contributed by atoms with Gasteiger partial charge >= 0.3 is 0 Å². The van der Waals surface area contributed by atoms with E-state index in [4.69, 9.17) is 4.74 Å². The highest BCUT2D eigenvalue weighted by Gasteiger charge is 2.24. The van der Waals surface area contributed by atoms with Crippen LogP contribution in [-0.4, -0.2) is 40.3 Å². The number of rotatable bonds is 10. The Morgan fingerprint density at radius 3 is 2.19 bits per heavy atom. The summed E-state index contributed by atoms with van der Waals surface area (Å²) in [4.78, 5) is 12.0. The topological polar surface area (TPSA) is 75.7 Å². The van der Waals surface area contributed by atoms with Gasteiger partial charge in [0.1, 0.15) is 18.0 Å². The normalized spacial score (nSPS) is 11.8. The number of anilines is 1. The largest absolute Gasteiger partial charge is 0.492 e. The van der Waals surface area contributed by atoms with Gasteiger partial charge in [0.05, 0.1) is 12.8 Å². The Morgan fingerprint density at radius 2 is 1.66 bits per heavy atom. The van der Waals surface area contributed by atoms with Crippen molar-refractivity contribution in [3.63, 3.8) is 0 Å². The van der Waals surface area contributed by atoms with E-state index in [0.29, 0.717) is 10.1 Å². The minimum absolute atomic E-state index is 0.00235. The van der Waals surface area contributed by atoms with Crippen molar-refractivity contribution in [1.29, 1.82) is 0 Å². The number of carbonyl (C=O) groups is 1.